The Labute approximate surface area is 152 Å². The molecule has 0 atom stereocenters. The van der Waals surface area contributed by atoms with Gasteiger partial charge >= 0.3 is 0 Å². The molecule has 0 heteroatoms. The molecule has 25 heavy (non-hydrogen) atoms. The highest BCUT2D eigenvalue weighted by atomic mass is 14.3. The molecule has 0 radical (unpaired) electrons. The normalized spacial score (nSPS) is 14.6. The highest BCUT2D eigenvalue weighted by molar-refractivity contribution is 5.87. The molecule has 0 nitrogen and oxygen atoms in total. The first kappa shape index (κ1) is 16.4. The molecular formula is C25H28. The van der Waals surface area contributed by atoms with Gasteiger partial charge in [0, 0.05) is 0 Å². The van der Waals surface area contributed by atoms with Crippen LogP contribution in [0.25, 0.3) is 16.7 Å². The maximum atomic E-state index is 2.52. The van der Waals surface area contributed by atoms with Crippen LogP contribution in [0.1, 0.15) is 67.0 Å². The maximum absolute atomic E-state index is 2.52. The highest BCUT2D eigenvalue weighted by Gasteiger charge is 2.26. The Bertz CT molecular complexity index is 877. The summed E-state index contributed by atoms with van der Waals surface area (Å²) in [6, 6.07) is 9.64. The van der Waals surface area contributed by atoms with Crippen LogP contribution < -0.4 is 0 Å². The molecule has 0 bridgehead atoms. The fourth-order valence-electron chi connectivity index (χ4n) is 4.63. The molecule has 0 unspecified atom stereocenters. The molecule has 2 aromatic carbocycles. The molecule has 2 aliphatic rings. The number of rotatable bonds is 5. The fraction of sp³-hybridized carbons (Fsp3) is 0.360. The van der Waals surface area contributed by atoms with Crippen LogP contribution in [0.3, 0.4) is 0 Å². The first-order chi connectivity index (χ1) is 12.3. The van der Waals surface area contributed by atoms with E-state index < -0.39 is 0 Å². The van der Waals surface area contributed by atoms with Crippen molar-refractivity contribution >= 4 is 5.57 Å². The van der Waals surface area contributed by atoms with Crippen molar-refractivity contribution in [3.05, 3.63) is 75.9 Å². The zero-order chi connectivity index (χ0) is 17.4. The Balaban J connectivity index is 1.95. The Kier molecular flexibility index (Phi) is 4.37. The number of allylic oxidation sites excluding steroid dienone is 4. The van der Waals surface area contributed by atoms with Crippen molar-refractivity contribution in [2.24, 2.45) is 0 Å². The van der Waals surface area contributed by atoms with E-state index in [0.717, 1.165) is 25.7 Å². The van der Waals surface area contributed by atoms with Gasteiger partial charge in [0.25, 0.3) is 0 Å². The SMILES string of the molecule is CCCc1cc2c(c(C3=CC=CC3)c1CC)Cc1cc(CC)ccc1-2. The number of aryl methyl sites for hydroxylation is 2. The molecule has 2 aliphatic carbocycles. The standard InChI is InChI=1S/C25H28/c1-4-9-19-15-23-22-13-12-17(5-2)14-20(22)16-24(23)25(21(19)6-3)18-10-7-8-11-18/h7-8,10,12-15H,4-6,9,11,16H2,1-3H3. The van der Waals surface area contributed by atoms with Crippen LogP contribution in [0, 0.1) is 0 Å². The van der Waals surface area contributed by atoms with E-state index in [0.29, 0.717) is 0 Å². The Hall–Kier alpha value is -2.08. The summed E-state index contributed by atoms with van der Waals surface area (Å²) in [7, 11) is 0. The van der Waals surface area contributed by atoms with E-state index in [1.807, 2.05) is 0 Å². The molecule has 4 rings (SSSR count). The molecule has 0 fully saturated rings. The average Bonchev–Trinajstić information content (AvgIpc) is 3.28. The number of fused-ring (bicyclic) bond motifs is 3. The van der Waals surface area contributed by atoms with Crippen molar-refractivity contribution in [3.63, 3.8) is 0 Å². The van der Waals surface area contributed by atoms with Gasteiger partial charge in [0.15, 0.2) is 0 Å². The van der Waals surface area contributed by atoms with Crippen molar-refractivity contribution in [2.75, 3.05) is 0 Å². The van der Waals surface area contributed by atoms with E-state index in [4.69, 9.17) is 0 Å². The summed E-state index contributed by atoms with van der Waals surface area (Å²) in [5.41, 5.74) is 13.8. The van der Waals surface area contributed by atoms with Crippen LogP contribution in [0.5, 0.6) is 0 Å². The summed E-state index contributed by atoms with van der Waals surface area (Å²) in [6.45, 7) is 6.87. The van der Waals surface area contributed by atoms with Crippen LogP contribution in [0.4, 0.5) is 0 Å². The molecule has 0 heterocycles. The van der Waals surface area contributed by atoms with Crippen LogP contribution >= 0.6 is 0 Å². The molecule has 2 aromatic rings. The smallest absolute Gasteiger partial charge is 0.000719 e. The summed E-state index contributed by atoms with van der Waals surface area (Å²) < 4.78 is 0. The van der Waals surface area contributed by atoms with Gasteiger partial charge in [0.1, 0.15) is 0 Å². The van der Waals surface area contributed by atoms with Crippen molar-refractivity contribution in [1.82, 2.24) is 0 Å². The minimum absolute atomic E-state index is 1.09. The minimum atomic E-state index is 1.09. The second kappa shape index (κ2) is 6.67. The Morgan fingerprint density at radius 2 is 1.84 bits per heavy atom. The lowest BCUT2D eigenvalue weighted by Crippen LogP contribution is -2.03. The van der Waals surface area contributed by atoms with Gasteiger partial charge in [-0.1, -0.05) is 69.7 Å². The van der Waals surface area contributed by atoms with Crippen LogP contribution in [0.2, 0.25) is 0 Å². The maximum Gasteiger partial charge on any atom is -0.000719 e. The van der Waals surface area contributed by atoms with Gasteiger partial charge in [-0.2, -0.15) is 0 Å². The van der Waals surface area contributed by atoms with Gasteiger partial charge in [0.05, 0.1) is 0 Å². The third kappa shape index (κ3) is 2.68. The summed E-state index contributed by atoms with van der Waals surface area (Å²) in [4.78, 5) is 0. The number of hydrogen-bond donors (Lipinski definition) is 0. The monoisotopic (exact) mass is 328 g/mol. The predicted octanol–water partition coefficient (Wildman–Crippen LogP) is 6.68. The van der Waals surface area contributed by atoms with Crippen LogP contribution in [0.15, 0.2) is 42.5 Å². The molecule has 128 valence electrons. The molecule has 0 saturated carbocycles. The minimum Gasteiger partial charge on any atom is -0.0801 e. The summed E-state index contributed by atoms with van der Waals surface area (Å²) in [5, 5.41) is 0. The lowest BCUT2D eigenvalue weighted by molar-refractivity contribution is 0.896. The van der Waals surface area contributed by atoms with Gasteiger partial charge in [-0.3, -0.25) is 0 Å². The van der Waals surface area contributed by atoms with Gasteiger partial charge < -0.3 is 0 Å². The molecule has 0 amide bonds. The van der Waals surface area contributed by atoms with E-state index in [1.165, 1.54) is 40.7 Å². The molecule has 0 spiro atoms. The van der Waals surface area contributed by atoms with E-state index in [9.17, 15) is 0 Å². The summed E-state index contributed by atoms with van der Waals surface area (Å²) in [6.07, 6.45) is 13.7. The van der Waals surface area contributed by atoms with Gasteiger partial charge in [-0.15, -0.1) is 0 Å². The largest absolute Gasteiger partial charge is 0.0801 e. The second-order valence-electron chi connectivity index (χ2n) is 7.36. The number of benzene rings is 2. The van der Waals surface area contributed by atoms with E-state index in [-0.39, 0.29) is 0 Å². The zero-order valence-corrected chi connectivity index (χ0v) is 15.8. The fourth-order valence-corrected chi connectivity index (χ4v) is 4.63. The second-order valence-corrected chi connectivity index (χ2v) is 7.36. The number of hydrogen-bond acceptors (Lipinski definition) is 0. The third-order valence-corrected chi connectivity index (χ3v) is 5.84. The Morgan fingerprint density at radius 1 is 0.960 bits per heavy atom. The molecule has 0 aliphatic heterocycles. The lowest BCUT2D eigenvalue weighted by Gasteiger charge is -2.20. The Morgan fingerprint density at radius 3 is 2.52 bits per heavy atom. The molecule has 0 saturated heterocycles. The average molecular weight is 328 g/mol. The molecular weight excluding hydrogens is 300 g/mol. The zero-order valence-electron chi connectivity index (χ0n) is 15.8. The van der Waals surface area contributed by atoms with Crippen molar-refractivity contribution < 1.29 is 0 Å². The molecule has 0 N–H and O–H groups in total. The summed E-state index contributed by atoms with van der Waals surface area (Å²) >= 11 is 0. The summed E-state index contributed by atoms with van der Waals surface area (Å²) in [5.74, 6) is 0. The van der Waals surface area contributed by atoms with Gasteiger partial charge in [-0.05, 0) is 82.2 Å². The first-order valence-corrected chi connectivity index (χ1v) is 9.92. The quantitative estimate of drug-likeness (QED) is 0.490. The van der Waals surface area contributed by atoms with Crippen molar-refractivity contribution in [2.45, 2.75) is 59.3 Å². The van der Waals surface area contributed by atoms with Gasteiger partial charge in [0.2, 0.25) is 0 Å². The van der Waals surface area contributed by atoms with Crippen molar-refractivity contribution in [1.29, 1.82) is 0 Å². The topological polar surface area (TPSA) is 0 Å². The van der Waals surface area contributed by atoms with Crippen LogP contribution in [-0.2, 0) is 25.7 Å². The lowest BCUT2D eigenvalue weighted by atomic mass is 9.85. The third-order valence-electron chi connectivity index (χ3n) is 5.84. The van der Waals surface area contributed by atoms with Crippen molar-refractivity contribution in [3.8, 4) is 11.1 Å². The highest BCUT2D eigenvalue weighted by Crippen LogP contribution is 2.45. The first-order valence-electron chi connectivity index (χ1n) is 9.92. The van der Waals surface area contributed by atoms with E-state index in [2.05, 4.69) is 63.3 Å². The van der Waals surface area contributed by atoms with E-state index >= 15 is 0 Å². The predicted molar refractivity (Wildman–Crippen MR) is 109 cm³/mol. The van der Waals surface area contributed by atoms with Crippen LogP contribution in [-0.4, -0.2) is 0 Å². The van der Waals surface area contributed by atoms with E-state index in [1.54, 1.807) is 22.3 Å². The molecule has 0 aromatic heterocycles. The van der Waals surface area contributed by atoms with Gasteiger partial charge in [-0.25, -0.2) is 0 Å².